The fourth-order valence-corrected chi connectivity index (χ4v) is 4.09. The third kappa shape index (κ3) is 3.37. The second-order valence-electron chi connectivity index (χ2n) is 5.13. The van der Waals surface area contributed by atoms with Crippen molar-refractivity contribution in [2.45, 2.75) is 24.3 Å². The Morgan fingerprint density at radius 3 is 3.10 bits per heavy atom. The average Bonchev–Trinajstić information content (AvgIpc) is 3.04. The van der Waals surface area contributed by atoms with Gasteiger partial charge in [-0.3, -0.25) is 4.40 Å². The molecule has 116 valence electrons. The molecule has 0 radical (unpaired) electrons. The maximum absolute atomic E-state index is 12.3. The highest BCUT2D eigenvalue weighted by atomic mass is 32.2. The van der Waals surface area contributed by atoms with Crippen molar-refractivity contribution in [1.82, 2.24) is 14.1 Å². The molecule has 0 atom stereocenters. The van der Waals surface area contributed by atoms with Gasteiger partial charge in [-0.2, -0.15) is 0 Å². The fourth-order valence-electron chi connectivity index (χ4n) is 2.03. The number of thiazole rings is 1. The molecule has 3 N–H and O–H groups in total. The van der Waals surface area contributed by atoms with Crippen molar-refractivity contribution < 1.29 is 13.2 Å². The van der Waals surface area contributed by atoms with Crippen molar-refractivity contribution in [2.24, 2.45) is 5.92 Å². The lowest BCUT2D eigenvalue weighted by atomic mass is 10.4. The van der Waals surface area contributed by atoms with Crippen LogP contribution in [-0.4, -0.2) is 37.6 Å². The maximum Gasteiger partial charge on any atom is 0.260 e. The molecular weight excluding hydrogens is 312 g/mol. The molecule has 7 nitrogen and oxygen atoms in total. The molecule has 1 aliphatic rings. The average molecular weight is 330 g/mol. The van der Waals surface area contributed by atoms with Crippen molar-refractivity contribution in [2.75, 3.05) is 25.5 Å². The molecule has 2 heterocycles. The molecule has 0 spiro atoms. The molecule has 21 heavy (non-hydrogen) atoms. The Balaban J connectivity index is 1.55. The Hall–Kier alpha value is -1.16. The van der Waals surface area contributed by atoms with E-state index >= 15 is 0 Å². The molecule has 2 aromatic rings. The van der Waals surface area contributed by atoms with Crippen molar-refractivity contribution in [3.8, 4) is 0 Å². The molecule has 9 heteroatoms. The van der Waals surface area contributed by atoms with Crippen molar-refractivity contribution in [3.63, 3.8) is 0 Å². The molecule has 2 aromatic heterocycles. The SMILES string of the molecule is Nc1nc2sccn2c1S(=O)(=O)NCCCOCC1CC1. The first kappa shape index (κ1) is 14.8. The predicted octanol–water partition coefficient (Wildman–Crippen LogP) is 1.07. The summed E-state index contributed by atoms with van der Waals surface area (Å²) in [4.78, 5) is 4.61. The minimum atomic E-state index is -3.66. The first-order chi connectivity index (χ1) is 10.1. The normalized spacial score (nSPS) is 15.8. The van der Waals surface area contributed by atoms with Crippen LogP contribution in [0.25, 0.3) is 4.96 Å². The number of sulfonamides is 1. The summed E-state index contributed by atoms with van der Waals surface area (Å²) >= 11 is 1.34. The lowest BCUT2D eigenvalue weighted by Gasteiger charge is -2.07. The van der Waals surface area contributed by atoms with Crippen LogP contribution in [0.3, 0.4) is 0 Å². The monoisotopic (exact) mass is 330 g/mol. The molecular formula is C12H18N4O3S2. The van der Waals surface area contributed by atoms with E-state index in [9.17, 15) is 8.42 Å². The summed E-state index contributed by atoms with van der Waals surface area (Å²) in [5.41, 5.74) is 5.71. The number of nitrogen functional groups attached to an aromatic ring is 1. The van der Waals surface area contributed by atoms with E-state index in [1.165, 1.54) is 28.6 Å². The number of nitrogens with two attached hydrogens (primary N) is 1. The zero-order chi connectivity index (χ0) is 14.9. The molecule has 1 fully saturated rings. The summed E-state index contributed by atoms with van der Waals surface area (Å²) in [5.74, 6) is 0.750. The third-order valence-corrected chi connectivity index (χ3v) is 5.56. The first-order valence-corrected chi connectivity index (χ1v) is 9.22. The van der Waals surface area contributed by atoms with Gasteiger partial charge < -0.3 is 10.5 Å². The number of fused-ring (bicyclic) bond motifs is 1. The first-order valence-electron chi connectivity index (χ1n) is 6.86. The van der Waals surface area contributed by atoms with Crippen LogP contribution in [0.2, 0.25) is 0 Å². The van der Waals surface area contributed by atoms with Crippen LogP contribution in [-0.2, 0) is 14.8 Å². The van der Waals surface area contributed by atoms with E-state index in [1.807, 2.05) is 0 Å². The Morgan fingerprint density at radius 1 is 1.52 bits per heavy atom. The lowest BCUT2D eigenvalue weighted by Crippen LogP contribution is -2.27. The Labute approximate surface area is 127 Å². The zero-order valence-electron chi connectivity index (χ0n) is 11.5. The Kier molecular flexibility index (Phi) is 4.16. The topological polar surface area (TPSA) is 98.7 Å². The number of hydrogen-bond acceptors (Lipinski definition) is 6. The molecule has 0 bridgehead atoms. The minimum Gasteiger partial charge on any atom is -0.381 e. The van der Waals surface area contributed by atoms with Crippen molar-refractivity contribution in [3.05, 3.63) is 11.6 Å². The van der Waals surface area contributed by atoms with E-state index < -0.39 is 10.0 Å². The predicted molar refractivity (Wildman–Crippen MR) is 80.8 cm³/mol. The number of anilines is 1. The van der Waals surface area contributed by atoms with Crippen LogP contribution in [0, 0.1) is 5.92 Å². The Bertz CT molecular complexity index is 718. The number of nitrogens with zero attached hydrogens (tertiary/aromatic N) is 2. The number of rotatable bonds is 8. The number of imidazole rings is 1. The molecule has 0 saturated heterocycles. The second kappa shape index (κ2) is 5.91. The summed E-state index contributed by atoms with van der Waals surface area (Å²) < 4.78 is 34.1. The molecule has 0 unspecified atom stereocenters. The van der Waals surface area contributed by atoms with Gasteiger partial charge in [-0.05, 0) is 25.2 Å². The minimum absolute atomic E-state index is 0.0117. The highest BCUT2D eigenvalue weighted by molar-refractivity contribution is 7.89. The summed E-state index contributed by atoms with van der Waals surface area (Å²) in [6.45, 7) is 1.68. The van der Waals surface area contributed by atoms with Crippen molar-refractivity contribution in [1.29, 1.82) is 0 Å². The summed E-state index contributed by atoms with van der Waals surface area (Å²) in [6.07, 6.45) is 4.79. The van der Waals surface area contributed by atoms with E-state index in [4.69, 9.17) is 10.5 Å². The molecule has 1 saturated carbocycles. The molecule has 1 aliphatic carbocycles. The zero-order valence-corrected chi connectivity index (χ0v) is 13.1. The van der Waals surface area contributed by atoms with Gasteiger partial charge in [-0.15, -0.1) is 11.3 Å². The summed E-state index contributed by atoms with van der Waals surface area (Å²) in [5, 5.41) is 1.78. The molecule has 0 aliphatic heterocycles. The Morgan fingerprint density at radius 2 is 2.33 bits per heavy atom. The van der Waals surface area contributed by atoms with Gasteiger partial charge in [0.1, 0.15) is 0 Å². The van der Waals surface area contributed by atoms with Crippen LogP contribution in [0.1, 0.15) is 19.3 Å². The highest BCUT2D eigenvalue weighted by Crippen LogP contribution is 2.28. The van der Waals surface area contributed by atoms with E-state index in [-0.39, 0.29) is 10.8 Å². The van der Waals surface area contributed by atoms with E-state index in [2.05, 4.69) is 9.71 Å². The van der Waals surface area contributed by atoms with Crippen molar-refractivity contribution >= 4 is 32.1 Å². The number of hydrogen-bond donors (Lipinski definition) is 2. The van der Waals surface area contributed by atoms with Crippen LogP contribution in [0.4, 0.5) is 5.82 Å². The number of ether oxygens (including phenoxy) is 1. The van der Waals surface area contributed by atoms with E-state index in [1.54, 1.807) is 11.6 Å². The fraction of sp³-hybridized carbons (Fsp3) is 0.583. The maximum atomic E-state index is 12.3. The van der Waals surface area contributed by atoms with Gasteiger partial charge in [0.15, 0.2) is 15.8 Å². The van der Waals surface area contributed by atoms with Gasteiger partial charge in [0, 0.05) is 31.3 Å². The third-order valence-electron chi connectivity index (χ3n) is 3.31. The van der Waals surface area contributed by atoms with Gasteiger partial charge in [0.2, 0.25) is 0 Å². The summed E-state index contributed by atoms with van der Waals surface area (Å²) in [7, 11) is -3.66. The smallest absolute Gasteiger partial charge is 0.260 e. The molecule has 0 amide bonds. The van der Waals surface area contributed by atoms with Crippen LogP contribution in [0.15, 0.2) is 16.6 Å². The van der Waals surface area contributed by atoms with Gasteiger partial charge in [0.25, 0.3) is 10.0 Å². The van der Waals surface area contributed by atoms with Gasteiger partial charge in [-0.1, -0.05) is 0 Å². The molecule has 0 aromatic carbocycles. The van der Waals surface area contributed by atoms with Crippen LogP contribution >= 0.6 is 11.3 Å². The van der Waals surface area contributed by atoms with Gasteiger partial charge in [-0.25, -0.2) is 18.1 Å². The quantitative estimate of drug-likeness (QED) is 0.706. The standard InChI is InChI=1S/C12H18N4O3S2/c13-10-11(16-5-7-20-12(16)15-10)21(17,18)14-4-1-6-19-8-9-2-3-9/h5,7,9,14H,1-4,6,8,13H2. The van der Waals surface area contributed by atoms with E-state index in [0.717, 1.165) is 12.5 Å². The molecule has 3 rings (SSSR count). The number of nitrogens with one attached hydrogen (secondary N) is 1. The van der Waals surface area contributed by atoms with Gasteiger partial charge in [0.05, 0.1) is 0 Å². The second-order valence-corrected chi connectivity index (χ2v) is 7.68. The van der Waals surface area contributed by atoms with Gasteiger partial charge >= 0.3 is 0 Å². The van der Waals surface area contributed by atoms with E-state index in [0.29, 0.717) is 24.5 Å². The van der Waals surface area contributed by atoms with Crippen LogP contribution < -0.4 is 10.5 Å². The largest absolute Gasteiger partial charge is 0.381 e. The highest BCUT2D eigenvalue weighted by Gasteiger charge is 2.24. The lowest BCUT2D eigenvalue weighted by molar-refractivity contribution is 0.123. The van der Waals surface area contributed by atoms with Crippen LogP contribution in [0.5, 0.6) is 0 Å². The number of aromatic nitrogens is 2. The summed E-state index contributed by atoms with van der Waals surface area (Å²) in [6, 6.07) is 0.